The van der Waals surface area contributed by atoms with Crippen LogP contribution in [-0.2, 0) is 4.79 Å². The van der Waals surface area contributed by atoms with E-state index in [2.05, 4.69) is 22.4 Å². The summed E-state index contributed by atoms with van der Waals surface area (Å²) in [6, 6.07) is 13.3. The number of carbonyl (C=O) groups excluding carboxylic acids is 1. The standard InChI is InChI=1S/C21H24FN3O/c22-19-7-4-10-23-20(19)24-14-15-8-11-25(12-9-15)21(26)18-13-17(18)16-5-2-1-3-6-16/h1-7,10,15,17-18H,8-9,11-14H2,(H,23,24)/t17-,18+/m0/s1. The van der Waals surface area contributed by atoms with Crippen molar-refractivity contribution in [1.82, 2.24) is 9.88 Å². The first-order valence-corrected chi connectivity index (χ1v) is 9.40. The molecule has 0 bridgehead atoms. The van der Waals surface area contributed by atoms with E-state index in [-0.39, 0.29) is 11.7 Å². The van der Waals surface area contributed by atoms with E-state index in [1.165, 1.54) is 11.6 Å². The molecule has 2 aliphatic rings. The average molecular weight is 353 g/mol. The van der Waals surface area contributed by atoms with Crippen LogP contribution >= 0.6 is 0 Å². The second-order valence-electron chi connectivity index (χ2n) is 7.34. The first-order valence-electron chi connectivity index (χ1n) is 9.40. The summed E-state index contributed by atoms with van der Waals surface area (Å²) in [5, 5.41) is 3.10. The molecule has 0 unspecified atom stereocenters. The van der Waals surface area contributed by atoms with Gasteiger partial charge in [-0.25, -0.2) is 9.37 Å². The minimum absolute atomic E-state index is 0.162. The number of benzene rings is 1. The van der Waals surface area contributed by atoms with Crippen LogP contribution in [0, 0.1) is 17.7 Å². The van der Waals surface area contributed by atoms with Crippen LogP contribution in [0.15, 0.2) is 48.7 Å². The van der Waals surface area contributed by atoms with E-state index in [0.29, 0.717) is 30.1 Å². The van der Waals surface area contributed by atoms with Crippen LogP contribution in [0.3, 0.4) is 0 Å². The molecular formula is C21H24FN3O. The Morgan fingerprint density at radius 3 is 2.65 bits per heavy atom. The van der Waals surface area contributed by atoms with Crippen LogP contribution in [0.2, 0.25) is 0 Å². The highest BCUT2D eigenvalue weighted by atomic mass is 19.1. The lowest BCUT2D eigenvalue weighted by molar-refractivity contribution is -0.134. The Balaban J connectivity index is 1.24. The number of hydrogen-bond donors (Lipinski definition) is 1. The lowest BCUT2D eigenvalue weighted by Gasteiger charge is -2.32. The monoisotopic (exact) mass is 353 g/mol. The van der Waals surface area contributed by atoms with Gasteiger partial charge in [-0.1, -0.05) is 30.3 Å². The molecule has 1 aliphatic carbocycles. The van der Waals surface area contributed by atoms with E-state index in [0.717, 1.165) is 32.4 Å². The summed E-state index contributed by atoms with van der Waals surface area (Å²) >= 11 is 0. The summed E-state index contributed by atoms with van der Waals surface area (Å²) in [4.78, 5) is 18.8. The van der Waals surface area contributed by atoms with Gasteiger partial charge in [0.1, 0.15) is 0 Å². The smallest absolute Gasteiger partial charge is 0.226 e. The van der Waals surface area contributed by atoms with Gasteiger partial charge in [-0.2, -0.15) is 0 Å². The molecule has 1 saturated heterocycles. The fourth-order valence-corrected chi connectivity index (χ4v) is 3.89. The van der Waals surface area contributed by atoms with Gasteiger partial charge >= 0.3 is 0 Å². The van der Waals surface area contributed by atoms with Gasteiger partial charge in [0.05, 0.1) is 0 Å². The Hall–Kier alpha value is -2.43. The van der Waals surface area contributed by atoms with Gasteiger partial charge in [0.2, 0.25) is 5.91 Å². The SMILES string of the molecule is O=C([C@@H]1C[C@H]1c1ccccc1)N1CCC(CNc2ncccc2F)CC1. The highest BCUT2D eigenvalue weighted by Crippen LogP contribution is 2.48. The third-order valence-corrected chi connectivity index (χ3v) is 5.58. The van der Waals surface area contributed by atoms with Crippen molar-refractivity contribution in [3.8, 4) is 0 Å². The molecule has 1 aromatic heterocycles. The minimum Gasteiger partial charge on any atom is -0.367 e. The number of hydrogen-bond acceptors (Lipinski definition) is 3. The molecule has 2 heterocycles. The van der Waals surface area contributed by atoms with Crippen LogP contribution < -0.4 is 5.32 Å². The van der Waals surface area contributed by atoms with Crippen molar-refractivity contribution in [2.75, 3.05) is 25.0 Å². The van der Waals surface area contributed by atoms with E-state index >= 15 is 0 Å². The predicted octanol–water partition coefficient (Wildman–Crippen LogP) is 3.67. The fourth-order valence-electron chi connectivity index (χ4n) is 3.89. The highest BCUT2D eigenvalue weighted by molar-refractivity contribution is 5.83. The molecule has 136 valence electrons. The largest absolute Gasteiger partial charge is 0.367 e. The summed E-state index contributed by atoms with van der Waals surface area (Å²) in [5.41, 5.74) is 1.28. The Kier molecular flexibility index (Phi) is 4.87. The molecular weight excluding hydrogens is 329 g/mol. The second kappa shape index (κ2) is 7.44. The zero-order chi connectivity index (χ0) is 17.9. The molecule has 1 aromatic carbocycles. The number of piperidine rings is 1. The number of nitrogens with one attached hydrogen (secondary N) is 1. The van der Waals surface area contributed by atoms with Gasteiger partial charge in [0, 0.05) is 31.7 Å². The maximum atomic E-state index is 13.6. The number of carbonyl (C=O) groups is 1. The molecule has 1 amide bonds. The number of halogens is 1. The predicted molar refractivity (Wildman–Crippen MR) is 99.3 cm³/mol. The molecule has 1 saturated carbocycles. The summed E-state index contributed by atoms with van der Waals surface area (Å²) < 4.78 is 13.6. The Labute approximate surface area is 153 Å². The van der Waals surface area contributed by atoms with Crippen molar-refractivity contribution in [3.63, 3.8) is 0 Å². The van der Waals surface area contributed by atoms with Gasteiger partial charge in [0.15, 0.2) is 11.6 Å². The fraction of sp³-hybridized carbons (Fsp3) is 0.429. The highest BCUT2D eigenvalue weighted by Gasteiger charge is 2.46. The number of aromatic nitrogens is 1. The van der Waals surface area contributed by atoms with Crippen LogP contribution in [0.25, 0.3) is 0 Å². The van der Waals surface area contributed by atoms with E-state index in [9.17, 15) is 9.18 Å². The quantitative estimate of drug-likeness (QED) is 0.892. The maximum absolute atomic E-state index is 13.6. The van der Waals surface area contributed by atoms with Crippen molar-refractivity contribution >= 4 is 11.7 Å². The summed E-state index contributed by atoms with van der Waals surface area (Å²) in [6.45, 7) is 2.30. The summed E-state index contributed by atoms with van der Waals surface area (Å²) in [6.07, 6.45) is 4.47. The lowest BCUT2D eigenvalue weighted by Crippen LogP contribution is -2.40. The topological polar surface area (TPSA) is 45.2 Å². The van der Waals surface area contributed by atoms with Gasteiger partial charge in [0.25, 0.3) is 0 Å². The van der Waals surface area contributed by atoms with E-state index in [1.54, 1.807) is 12.3 Å². The van der Waals surface area contributed by atoms with Crippen LogP contribution in [-0.4, -0.2) is 35.4 Å². The van der Waals surface area contributed by atoms with Crippen molar-refractivity contribution in [1.29, 1.82) is 0 Å². The summed E-state index contributed by atoms with van der Waals surface area (Å²) in [5.74, 6) is 1.31. The average Bonchev–Trinajstić information content (AvgIpc) is 3.49. The Morgan fingerprint density at radius 1 is 1.15 bits per heavy atom. The zero-order valence-electron chi connectivity index (χ0n) is 14.8. The molecule has 4 nitrogen and oxygen atoms in total. The van der Waals surface area contributed by atoms with Crippen LogP contribution in [0.4, 0.5) is 10.2 Å². The molecule has 0 spiro atoms. The van der Waals surface area contributed by atoms with Crippen molar-refractivity contribution < 1.29 is 9.18 Å². The van der Waals surface area contributed by atoms with Crippen molar-refractivity contribution in [3.05, 3.63) is 60.0 Å². The molecule has 2 atom stereocenters. The first-order chi connectivity index (χ1) is 12.7. The Bertz CT molecular complexity index is 759. The van der Waals surface area contributed by atoms with Gasteiger partial charge < -0.3 is 10.2 Å². The minimum atomic E-state index is -0.319. The molecule has 2 aromatic rings. The number of rotatable bonds is 5. The zero-order valence-corrected chi connectivity index (χ0v) is 14.8. The van der Waals surface area contributed by atoms with Gasteiger partial charge in [-0.05, 0) is 48.8 Å². The first kappa shape index (κ1) is 17.0. The van der Waals surface area contributed by atoms with Gasteiger partial charge in [-0.15, -0.1) is 0 Å². The molecule has 26 heavy (non-hydrogen) atoms. The maximum Gasteiger partial charge on any atom is 0.226 e. The molecule has 1 aliphatic heterocycles. The molecule has 1 N–H and O–H groups in total. The van der Waals surface area contributed by atoms with E-state index in [1.807, 2.05) is 23.1 Å². The number of anilines is 1. The van der Waals surface area contributed by atoms with Gasteiger partial charge in [-0.3, -0.25) is 4.79 Å². The third-order valence-electron chi connectivity index (χ3n) is 5.58. The van der Waals surface area contributed by atoms with Crippen LogP contribution in [0.1, 0.15) is 30.7 Å². The number of amides is 1. The number of nitrogens with zero attached hydrogens (tertiary/aromatic N) is 2. The number of pyridine rings is 1. The van der Waals surface area contributed by atoms with Crippen molar-refractivity contribution in [2.24, 2.45) is 11.8 Å². The third kappa shape index (κ3) is 3.71. The summed E-state index contributed by atoms with van der Waals surface area (Å²) in [7, 11) is 0. The normalized spacial score (nSPS) is 22.9. The molecule has 4 rings (SSSR count). The van der Waals surface area contributed by atoms with Crippen LogP contribution in [0.5, 0.6) is 0 Å². The van der Waals surface area contributed by atoms with Crippen molar-refractivity contribution in [2.45, 2.75) is 25.2 Å². The Morgan fingerprint density at radius 2 is 1.92 bits per heavy atom. The lowest BCUT2D eigenvalue weighted by atomic mass is 9.96. The number of likely N-dealkylation sites (tertiary alicyclic amines) is 1. The second-order valence-corrected chi connectivity index (χ2v) is 7.34. The van der Waals surface area contributed by atoms with E-state index < -0.39 is 0 Å². The molecule has 5 heteroatoms. The molecule has 2 fully saturated rings. The van der Waals surface area contributed by atoms with E-state index in [4.69, 9.17) is 0 Å². The molecule has 0 radical (unpaired) electrons.